The van der Waals surface area contributed by atoms with Crippen molar-refractivity contribution >= 4 is 64.7 Å². The molecule has 3 amide bonds. The number of carbonyl (C=O) groups excluding carboxylic acids is 5. The molecule has 4 aliphatic carbocycles. The van der Waals surface area contributed by atoms with Crippen molar-refractivity contribution in [2.45, 2.75) is 101 Å². The Morgan fingerprint density at radius 3 is 2.48 bits per heavy atom. The van der Waals surface area contributed by atoms with Gasteiger partial charge in [-0.25, -0.2) is 8.96 Å². The Morgan fingerprint density at radius 1 is 1.05 bits per heavy atom. The molecule has 10 atom stereocenters. The standard InChI is InChI=1S/C45H52BrFN3O15P/c1-42-11-10-30(52)17-28(42)6-7-31-32-18-36-45(35(54)23-63-66(60,61)62,43(32,2)19-34(53)44(31,42)47)65-41(64-36)27-5-3-4-24(14-27)12-25-13-26(22-51)16-29(15-25)49-40(59)33(8-9-39(57)58)50-38(56)21-48-37(55)20-46/h3-5,10-11,13-17,31-34,36,41,51,53H,6-9,12,18-23H2,1-2H3,(H,48,55)(H,49,59)(H,50,56)(H,57,58)(H2,60,61,62)/t31-,32-,33?,34-,36+,41+,42-,43-,44-,45+/m0/s1. The van der Waals surface area contributed by atoms with Crippen molar-refractivity contribution in [3.63, 3.8) is 0 Å². The molecule has 0 aromatic heterocycles. The lowest BCUT2D eigenvalue weighted by Gasteiger charge is -2.62. The number of carboxylic acid groups (broad SMARTS) is 1. The van der Waals surface area contributed by atoms with E-state index in [9.17, 15) is 58.4 Å². The molecule has 2 aromatic carbocycles. The average molecular weight is 1000 g/mol. The van der Waals surface area contributed by atoms with E-state index in [4.69, 9.17) is 14.0 Å². The Balaban J connectivity index is 1.13. The monoisotopic (exact) mass is 1000 g/mol. The lowest BCUT2D eigenvalue weighted by Crippen LogP contribution is -2.69. The van der Waals surface area contributed by atoms with Crippen molar-refractivity contribution in [3.05, 3.63) is 88.5 Å². The highest BCUT2D eigenvalue weighted by Gasteiger charge is 2.79. The minimum atomic E-state index is -5.15. The summed E-state index contributed by atoms with van der Waals surface area (Å²) in [6, 6.07) is 10.5. The van der Waals surface area contributed by atoms with Gasteiger partial charge in [0.25, 0.3) is 0 Å². The van der Waals surface area contributed by atoms with Crippen LogP contribution >= 0.6 is 23.8 Å². The number of benzene rings is 2. The highest BCUT2D eigenvalue weighted by molar-refractivity contribution is 9.09. The number of aliphatic carboxylic acids is 1. The first kappa shape index (κ1) is 49.4. The van der Waals surface area contributed by atoms with E-state index in [0.717, 1.165) is 0 Å². The summed E-state index contributed by atoms with van der Waals surface area (Å²) >= 11 is 2.97. The molecule has 0 bridgehead atoms. The molecule has 1 saturated heterocycles. The number of Topliss-reactive ketones (excluding diaryl/α,β-unsaturated/α-hetero) is 1. The number of hydrogen-bond acceptors (Lipinski definition) is 12. The van der Waals surface area contributed by atoms with E-state index >= 15 is 4.39 Å². The average Bonchev–Trinajstić information content (AvgIpc) is 3.76. The van der Waals surface area contributed by atoms with Gasteiger partial charge in [-0.15, -0.1) is 0 Å². The molecular formula is C45H52BrFN3O15P. The van der Waals surface area contributed by atoms with Gasteiger partial charge in [0, 0.05) is 34.4 Å². The number of halogens is 2. The summed E-state index contributed by atoms with van der Waals surface area (Å²) in [4.78, 5) is 94.9. The van der Waals surface area contributed by atoms with Crippen LogP contribution in [0.15, 0.2) is 66.3 Å². The number of phosphoric acid groups is 1. The molecule has 4 fully saturated rings. The molecule has 1 aliphatic heterocycles. The Hall–Kier alpha value is -4.50. The third-order valence-electron chi connectivity index (χ3n) is 14.2. The summed E-state index contributed by atoms with van der Waals surface area (Å²) in [5.41, 5.74) is -3.85. The first-order chi connectivity index (χ1) is 31.1. The van der Waals surface area contributed by atoms with Gasteiger partial charge in [-0.2, -0.15) is 0 Å². The van der Waals surface area contributed by atoms with E-state index in [1.807, 2.05) is 0 Å². The van der Waals surface area contributed by atoms with Crippen LogP contribution in [-0.2, 0) is 60.4 Å². The minimum Gasteiger partial charge on any atom is -0.481 e. The Labute approximate surface area is 387 Å². The third kappa shape index (κ3) is 9.23. The lowest BCUT2D eigenvalue weighted by molar-refractivity contribution is -0.231. The number of anilines is 1. The smallest absolute Gasteiger partial charge is 0.470 e. The maximum atomic E-state index is 17.9. The fraction of sp³-hybridized carbons (Fsp3) is 0.511. The van der Waals surface area contributed by atoms with Crippen LogP contribution in [0.5, 0.6) is 0 Å². The number of nitrogens with one attached hydrogen (secondary N) is 3. The first-order valence-corrected chi connectivity index (χ1v) is 24.1. The summed E-state index contributed by atoms with van der Waals surface area (Å²) in [5, 5.41) is 38.8. The van der Waals surface area contributed by atoms with Crippen LogP contribution in [0, 0.1) is 22.7 Å². The highest BCUT2D eigenvalue weighted by atomic mass is 79.9. The van der Waals surface area contributed by atoms with Gasteiger partial charge >= 0.3 is 13.8 Å². The number of ether oxygens (including phenoxy) is 2. The van der Waals surface area contributed by atoms with Gasteiger partial charge in [0.1, 0.15) is 12.6 Å². The second-order valence-corrected chi connectivity index (χ2v) is 19.9. The largest absolute Gasteiger partial charge is 0.481 e. The van der Waals surface area contributed by atoms with Crippen molar-refractivity contribution in [1.82, 2.24) is 10.6 Å². The van der Waals surface area contributed by atoms with E-state index in [1.54, 1.807) is 50.2 Å². The zero-order valence-electron chi connectivity index (χ0n) is 36.0. The second kappa shape index (κ2) is 18.9. The number of carbonyl (C=O) groups is 6. The molecule has 356 valence electrons. The summed E-state index contributed by atoms with van der Waals surface area (Å²) in [5.74, 6) is -5.68. The minimum absolute atomic E-state index is 0.0556. The molecule has 0 radical (unpaired) electrons. The van der Waals surface area contributed by atoms with Crippen LogP contribution in [0.4, 0.5) is 10.1 Å². The lowest BCUT2D eigenvalue weighted by atomic mass is 9.44. The summed E-state index contributed by atoms with van der Waals surface area (Å²) in [7, 11) is -5.15. The zero-order valence-corrected chi connectivity index (χ0v) is 38.5. The summed E-state index contributed by atoms with van der Waals surface area (Å²) in [6.45, 7) is 1.46. The summed E-state index contributed by atoms with van der Waals surface area (Å²) < 4.78 is 47.8. The molecule has 8 N–H and O–H groups in total. The normalized spacial score (nSPS) is 31.4. The fourth-order valence-electron chi connectivity index (χ4n) is 11.2. The van der Waals surface area contributed by atoms with Gasteiger partial charge in [-0.1, -0.05) is 64.8 Å². The van der Waals surface area contributed by atoms with Gasteiger partial charge in [-0.3, -0.25) is 33.3 Å². The van der Waals surface area contributed by atoms with Crippen molar-refractivity contribution < 1.29 is 76.8 Å². The number of aliphatic hydroxyl groups is 2. The van der Waals surface area contributed by atoms with Crippen molar-refractivity contribution in [3.8, 4) is 0 Å². The molecule has 5 aliphatic rings. The number of ketones is 2. The quantitative estimate of drug-likeness (QED) is 0.0833. The molecule has 3 saturated carbocycles. The maximum absolute atomic E-state index is 17.9. The molecule has 0 spiro atoms. The Kier molecular flexibility index (Phi) is 14.1. The number of amides is 3. The van der Waals surface area contributed by atoms with E-state index in [1.165, 1.54) is 24.3 Å². The first-order valence-electron chi connectivity index (χ1n) is 21.4. The molecule has 2 aromatic rings. The van der Waals surface area contributed by atoms with Crippen molar-refractivity contribution in [1.29, 1.82) is 0 Å². The number of aliphatic hydroxyl groups excluding tert-OH is 2. The summed E-state index contributed by atoms with van der Waals surface area (Å²) in [6.07, 6.45) is 0.268. The van der Waals surface area contributed by atoms with Gasteiger partial charge < -0.3 is 50.5 Å². The Morgan fingerprint density at radius 2 is 1.79 bits per heavy atom. The third-order valence-corrected chi connectivity index (χ3v) is 15.1. The number of rotatable bonds is 17. The van der Waals surface area contributed by atoms with Crippen molar-refractivity contribution in [2.75, 3.05) is 23.8 Å². The van der Waals surface area contributed by atoms with E-state index in [2.05, 4.69) is 31.9 Å². The Bertz CT molecular complexity index is 2430. The van der Waals surface area contributed by atoms with Gasteiger partial charge in [0.2, 0.25) is 17.7 Å². The van der Waals surface area contributed by atoms with Crippen LogP contribution in [0.1, 0.15) is 80.9 Å². The van der Waals surface area contributed by atoms with Crippen LogP contribution < -0.4 is 16.0 Å². The number of allylic oxidation sites excluding steroid dienone is 4. The predicted octanol–water partition coefficient (Wildman–Crippen LogP) is 3.38. The molecule has 7 rings (SSSR count). The topological polar surface area (TPSA) is 284 Å². The molecule has 18 nitrogen and oxygen atoms in total. The zero-order chi connectivity index (χ0) is 48.0. The molecule has 1 heterocycles. The van der Waals surface area contributed by atoms with E-state index in [-0.39, 0.29) is 48.9 Å². The number of carboxylic acids is 1. The fourth-order valence-corrected chi connectivity index (χ4v) is 11.7. The van der Waals surface area contributed by atoms with Gasteiger partial charge in [-0.05, 0) is 92.3 Å². The van der Waals surface area contributed by atoms with E-state index in [0.29, 0.717) is 34.2 Å². The van der Waals surface area contributed by atoms with Crippen LogP contribution in [0.3, 0.4) is 0 Å². The second-order valence-electron chi connectivity index (χ2n) is 18.1. The molecule has 1 unspecified atom stereocenters. The predicted molar refractivity (Wildman–Crippen MR) is 234 cm³/mol. The molecule has 66 heavy (non-hydrogen) atoms. The SMILES string of the molecule is C[C@]12C=CC(=O)C=C1CC[C@H]1[C@@H]3C[C@H]4O[C@@H](c5cccc(Cc6cc(CO)cc(NC(=O)C(CCC(=O)O)NC(=O)CNC(=O)CBr)c6)c5)O[C@@]4(C(=O)COP(=O)(O)O)[C@@]3(C)C[C@H](O)[C@@]12F. The number of phosphoric ester groups is 1. The number of fused-ring (bicyclic) bond motifs is 7. The number of alkyl halides is 2. The van der Waals surface area contributed by atoms with Gasteiger partial charge in [0.05, 0.1) is 30.7 Å². The van der Waals surface area contributed by atoms with Gasteiger partial charge in [0.15, 0.2) is 29.1 Å². The van der Waals surface area contributed by atoms with Crippen LogP contribution in [0.2, 0.25) is 0 Å². The van der Waals surface area contributed by atoms with E-state index < -0.39 is 122 Å². The maximum Gasteiger partial charge on any atom is 0.470 e. The van der Waals surface area contributed by atoms with Crippen LogP contribution in [-0.4, -0.2) is 108 Å². The molecular weight excluding hydrogens is 952 g/mol. The van der Waals surface area contributed by atoms with Crippen molar-refractivity contribution in [2.24, 2.45) is 22.7 Å². The number of hydrogen-bond donors (Lipinski definition) is 8. The van der Waals surface area contributed by atoms with Crippen LogP contribution in [0.25, 0.3) is 0 Å². The highest BCUT2D eigenvalue weighted by Crippen LogP contribution is 2.72. The molecule has 21 heteroatoms.